The van der Waals surface area contributed by atoms with Crippen LogP contribution in [0.25, 0.3) is 11.0 Å². The molecule has 0 aliphatic rings. The Kier molecular flexibility index (Phi) is 5.14. The van der Waals surface area contributed by atoms with Gasteiger partial charge in [-0.05, 0) is 31.5 Å². The lowest BCUT2D eigenvalue weighted by Gasteiger charge is -2.08. The maximum absolute atomic E-state index is 11.7. The first-order valence-electron chi connectivity index (χ1n) is 7.30. The second-order valence-corrected chi connectivity index (χ2v) is 5.42. The largest absolute Gasteiger partial charge is 0.469 e. The number of methoxy groups -OCH3 is 1. The molecular formula is C16H21N3O3. The normalized spacial score (nSPS) is 10.9. The second kappa shape index (κ2) is 7.06. The van der Waals surface area contributed by atoms with Crippen LogP contribution in [0.2, 0.25) is 0 Å². The van der Waals surface area contributed by atoms with E-state index in [4.69, 9.17) is 0 Å². The molecule has 0 saturated carbocycles. The Morgan fingerprint density at radius 1 is 1.32 bits per heavy atom. The zero-order chi connectivity index (χ0) is 16.1. The molecule has 1 N–H and O–H groups in total. The van der Waals surface area contributed by atoms with Gasteiger partial charge in [0.15, 0.2) is 0 Å². The van der Waals surface area contributed by atoms with Crippen molar-refractivity contribution in [2.75, 3.05) is 7.11 Å². The molecule has 0 unspecified atom stereocenters. The lowest BCUT2D eigenvalue weighted by molar-refractivity contribution is -0.142. The van der Waals surface area contributed by atoms with Crippen LogP contribution in [0.15, 0.2) is 24.5 Å². The second-order valence-electron chi connectivity index (χ2n) is 5.42. The van der Waals surface area contributed by atoms with Crippen molar-refractivity contribution in [3.63, 3.8) is 0 Å². The smallest absolute Gasteiger partial charge is 0.306 e. The topological polar surface area (TPSA) is 73.2 Å². The molecule has 1 heterocycles. The SMILES string of the molecule is COC(=O)CCC(=O)NCc1ccc2c(c1)ncn2C(C)C. The predicted molar refractivity (Wildman–Crippen MR) is 83.2 cm³/mol. The van der Waals surface area contributed by atoms with Crippen molar-refractivity contribution >= 4 is 22.9 Å². The standard InChI is InChI=1S/C16H21N3O3/c1-11(2)19-10-18-13-8-12(4-5-14(13)19)9-17-15(20)6-7-16(21)22-3/h4-5,8,10-11H,6-7,9H2,1-3H3,(H,17,20). The highest BCUT2D eigenvalue weighted by Crippen LogP contribution is 2.18. The summed E-state index contributed by atoms with van der Waals surface area (Å²) in [7, 11) is 1.31. The molecule has 1 aromatic carbocycles. The summed E-state index contributed by atoms with van der Waals surface area (Å²) in [5.74, 6) is -0.547. The van der Waals surface area contributed by atoms with E-state index in [2.05, 4.69) is 33.5 Å². The van der Waals surface area contributed by atoms with Crippen LogP contribution in [0.5, 0.6) is 0 Å². The molecule has 2 rings (SSSR count). The van der Waals surface area contributed by atoms with Gasteiger partial charge in [0.2, 0.25) is 5.91 Å². The summed E-state index contributed by atoms with van der Waals surface area (Å²) in [5.41, 5.74) is 2.97. The van der Waals surface area contributed by atoms with Gasteiger partial charge in [-0.15, -0.1) is 0 Å². The van der Waals surface area contributed by atoms with Gasteiger partial charge in [0.25, 0.3) is 0 Å². The van der Waals surface area contributed by atoms with E-state index in [1.807, 2.05) is 24.5 Å². The van der Waals surface area contributed by atoms with Gasteiger partial charge < -0.3 is 14.6 Å². The average Bonchev–Trinajstić information content (AvgIpc) is 2.93. The molecule has 118 valence electrons. The highest BCUT2D eigenvalue weighted by molar-refractivity contribution is 5.81. The Bertz CT molecular complexity index is 676. The van der Waals surface area contributed by atoms with Crippen LogP contribution in [0.3, 0.4) is 0 Å². The Morgan fingerprint density at radius 3 is 2.77 bits per heavy atom. The lowest BCUT2D eigenvalue weighted by atomic mass is 10.2. The van der Waals surface area contributed by atoms with Gasteiger partial charge in [-0.1, -0.05) is 6.07 Å². The minimum Gasteiger partial charge on any atom is -0.469 e. The summed E-state index contributed by atoms with van der Waals surface area (Å²) in [4.78, 5) is 27.0. The molecule has 0 aliphatic heterocycles. The number of fused-ring (bicyclic) bond motifs is 1. The van der Waals surface area contributed by atoms with Crippen LogP contribution >= 0.6 is 0 Å². The van der Waals surface area contributed by atoms with Gasteiger partial charge in [0.05, 0.1) is 30.9 Å². The number of nitrogens with one attached hydrogen (secondary N) is 1. The maximum Gasteiger partial charge on any atom is 0.306 e. The summed E-state index contributed by atoms with van der Waals surface area (Å²) in [5, 5.41) is 2.79. The number of aromatic nitrogens is 2. The van der Waals surface area contributed by atoms with E-state index < -0.39 is 0 Å². The fourth-order valence-electron chi connectivity index (χ4n) is 2.21. The van der Waals surface area contributed by atoms with E-state index in [1.54, 1.807) is 0 Å². The monoisotopic (exact) mass is 303 g/mol. The van der Waals surface area contributed by atoms with Gasteiger partial charge in [-0.3, -0.25) is 9.59 Å². The molecule has 0 fully saturated rings. The minimum absolute atomic E-state index is 0.0974. The molecule has 2 aromatic rings. The first-order chi connectivity index (χ1) is 10.5. The van der Waals surface area contributed by atoms with E-state index in [1.165, 1.54) is 7.11 Å². The Labute approximate surface area is 129 Å². The van der Waals surface area contributed by atoms with Gasteiger partial charge in [-0.25, -0.2) is 4.98 Å². The summed E-state index contributed by atoms with van der Waals surface area (Å²) < 4.78 is 6.61. The van der Waals surface area contributed by atoms with Crippen molar-refractivity contribution in [2.45, 2.75) is 39.3 Å². The molecule has 0 atom stereocenters. The fourth-order valence-corrected chi connectivity index (χ4v) is 2.21. The van der Waals surface area contributed by atoms with E-state index in [0.29, 0.717) is 12.6 Å². The number of ether oxygens (including phenoxy) is 1. The van der Waals surface area contributed by atoms with Crippen molar-refractivity contribution in [1.82, 2.24) is 14.9 Å². The summed E-state index contributed by atoms with van der Waals surface area (Å²) >= 11 is 0. The van der Waals surface area contributed by atoms with Crippen molar-refractivity contribution in [3.8, 4) is 0 Å². The van der Waals surface area contributed by atoms with Crippen molar-refractivity contribution in [3.05, 3.63) is 30.1 Å². The van der Waals surface area contributed by atoms with Gasteiger partial charge in [-0.2, -0.15) is 0 Å². The van der Waals surface area contributed by atoms with Crippen LogP contribution in [0.4, 0.5) is 0 Å². The van der Waals surface area contributed by atoms with Crippen molar-refractivity contribution in [2.24, 2.45) is 0 Å². The first kappa shape index (κ1) is 16.0. The number of hydrogen-bond acceptors (Lipinski definition) is 4. The third kappa shape index (κ3) is 3.84. The number of benzene rings is 1. The zero-order valence-corrected chi connectivity index (χ0v) is 13.1. The van der Waals surface area contributed by atoms with Crippen LogP contribution in [-0.2, 0) is 20.9 Å². The van der Waals surface area contributed by atoms with E-state index in [0.717, 1.165) is 16.6 Å². The van der Waals surface area contributed by atoms with E-state index in [-0.39, 0.29) is 24.7 Å². The molecule has 1 aromatic heterocycles. The summed E-state index contributed by atoms with van der Waals surface area (Å²) in [6.07, 6.45) is 2.06. The van der Waals surface area contributed by atoms with Crippen LogP contribution in [-0.4, -0.2) is 28.5 Å². The molecule has 0 radical (unpaired) electrons. The molecular weight excluding hydrogens is 282 g/mol. The highest BCUT2D eigenvalue weighted by Gasteiger charge is 2.08. The summed E-state index contributed by atoms with van der Waals surface area (Å²) in [6, 6.07) is 6.31. The predicted octanol–water partition coefficient (Wildman–Crippen LogP) is 2.19. The number of amides is 1. The first-order valence-corrected chi connectivity index (χ1v) is 7.30. The van der Waals surface area contributed by atoms with Gasteiger partial charge >= 0.3 is 5.97 Å². The number of carbonyl (C=O) groups excluding carboxylic acids is 2. The van der Waals surface area contributed by atoms with Gasteiger partial charge in [0.1, 0.15) is 0 Å². The number of nitrogens with zero attached hydrogens (tertiary/aromatic N) is 2. The van der Waals surface area contributed by atoms with Crippen LogP contribution < -0.4 is 5.32 Å². The maximum atomic E-state index is 11.7. The van der Waals surface area contributed by atoms with E-state index >= 15 is 0 Å². The Hall–Kier alpha value is -2.37. The summed E-state index contributed by atoms with van der Waals surface area (Å²) in [6.45, 7) is 4.64. The molecule has 1 amide bonds. The van der Waals surface area contributed by atoms with Crippen LogP contribution in [0.1, 0.15) is 38.3 Å². The third-order valence-electron chi connectivity index (χ3n) is 3.47. The third-order valence-corrected chi connectivity index (χ3v) is 3.47. The zero-order valence-electron chi connectivity index (χ0n) is 13.1. The molecule has 0 bridgehead atoms. The van der Waals surface area contributed by atoms with Crippen molar-refractivity contribution in [1.29, 1.82) is 0 Å². The molecule has 0 saturated heterocycles. The quantitative estimate of drug-likeness (QED) is 0.830. The molecule has 22 heavy (non-hydrogen) atoms. The lowest BCUT2D eigenvalue weighted by Crippen LogP contribution is -2.23. The van der Waals surface area contributed by atoms with Gasteiger partial charge in [0, 0.05) is 19.0 Å². The van der Waals surface area contributed by atoms with Crippen molar-refractivity contribution < 1.29 is 14.3 Å². The number of imidazole rings is 1. The molecule has 6 heteroatoms. The fraction of sp³-hybridized carbons (Fsp3) is 0.438. The molecule has 0 spiro atoms. The number of esters is 1. The number of hydrogen-bond donors (Lipinski definition) is 1. The van der Waals surface area contributed by atoms with E-state index in [9.17, 15) is 9.59 Å². The molecule has 0 aliphatic carbocycles. The minimum atomic E-state index is -0.379. The molecule has 6 nitrogen and oxygen atoms in total. The van der Waals surface area contributed by atoms with Crippen LogP contribution in [0, 0.1) is 0 Å². The Morgan fingerprint density at radius 2 is 2.09 bits per heavy atom. The average molecular weight is 303 g/mol. The Balaban J connectivity index is 1.95. The number of rotatable bonds is 6. The number of carbonyl (C=O) groups is 2. The highest BCUT2D eigenvalue weighted by atomic mass is 16.5.